The summed E-state index contributed by atoms with van der Waals surface area (Å²) in [4.78, 5) is 19.6. The third-order valence-corrected chi connectivity index (χ3v) is 5.49. The van der Waals surface area contributed by atoms with Crippen LogP contribution in [0.1, 0.15) is 30.3 Å². The van der Waals surface area contributed by atoms with Crippen LogP contribution in [0.5, 0.6) is 0 Å². The number of amides is 1. The Hall–Kier alpha value is -1.44. The van der Waals surface area contributed by atoms with Crippen LogP contribution in [0.15, 0.2) is 0 Å². The molecule has 7 heteroatoms. The predicted octanol–water partition coefficient (Wildman–Crippen LogP) is 1.13. The van der Waals surface area contributed by atoms with E-state index in [1.807, 2.05) is 16.5 Å². The lowest BCUT2D eigenvalue weighted by molar-refractivity contribution is -0.134. The van der Waals surface area contributed by atoms with Crippen molar-refractivity contribution in [2.24, 2.45) is 0 Å². The molecule has 2 heterocycles. The van der Waals surface area contributed by atoms with Crippen molar-refractivity contribution in [3.8, 4) is 0 Å². The Labute approximate surface area is 157 Å². The molecule has 1 aliphatic rings. The highest BCUT2D eigenvalue weighted by molar-refractivity contribution is 5.77. The lowest BCUT2D eigenvalue weighted by Crippen LogP contribution is -2.51. The van der Waals surface area contributed by atoms with Gasteiger partial charge in [0.15, 0.2) is 0 Å². The molecule has 26 heavy (non-hydrogen) atoms. The first-order chi connectivity index (χ1) is 12.4. The summed E-state index contributed by atoms with van der Waals surface area (Å²) in [5, 5.41) is 4.59. The minimum absolute atomic E-state index is 0.192. The van der Waals surface area contributed by atoms with Crippen LogP contribution >= 0.6 is 0 Å². The van der Waals surface area contributed by atoms with Crippen LogP contribution in [-0.4, -0.2) is 90.4 Å². The fourth-order valence-corrected chi connectivity index (χ4v) is 3.61. The van der Waals surface area contributed by atoms with Crippen LogP contribution in [0.25, 0.3) is 0 Å². The maximum absolute atomic E-state index is 13.1. The quantitative estimate of drug-likeness (QED) is 0.691. The van der Waals surface area contributed by atoms with Gasteiger partial charge in [-0.15, -0.1) is 0 Å². The van der Waals surface area contributed by atoms with E-state index in [4.69, 9.17) is 4.74 Å². The van der Waals surface area contributed by atoms with E-state index in [-0.39, 0.29) is 11.9 Å². The molecule has 1 atom stereocenters. The summed E-state index contributed by atoms with van der Waals surface area (Å²) in [6.07, 6.45) is 0.546. The minimum Gasteiger partial charge on any atom is -0.383 e. The molecule has 0 bridgehead atoms. The van der Waals surface area contributed by atoms with Gasteiger partial charge in [-0.05, 0) is 34.9 Å². The van der Waals surface area contributed by atoms with E-state index in [1.165, 1.54) is 0 Å². The van der Waals surface area contributed by atoms with Crippen molar-refractivity contribution in [1.29, 1.82) is 0 Å². The number of hydrogen-bond acceptors (Lipinski definition) is 5. The minimum atomic E-state index is 0.192. The van der Waals surface area contributed by atoms with Gasteiger partial charge in [0.2, 0.25) is 5.91 Å². The first-order valence-corrected chi connectivity index (χ1v) is 9.55. The SMILES string of the molecule is CCn1nc(C)c(CN(CCOC)C(=O)C[C@H]2CN(C)CCN2C)c1C. The van der Waals surface area contributed by atoms with E-state index in [1.54, 1.807) is 7.11 Å². The molecule has 1 aromatic rings. The van der Waals surface area contributed by atoms with Crippen LogP contribution in [0.2, 0.25) is 0 Å². The Morgan fingerprint density at radius 3 is 2.65 bits per heavy atom. The normalized spacial score (nSPS) is 19.1. The average molecular weight is 366 g/mol. The van der Waals surface area contributed by atoms with Gasteiger partial charge in [0.1, 0.15) is 0 Å². The first-order valence-electron chi connectivity index (χ1n) is 9.55. The summed E-state index contributed by atoms with van der Waals surface area (Å²) in [6.45, 7) is 11.8. The van der Waals surface area contributed by atoms with Gasteiger partial charge in [-0.3, -0.25) is 9.48 Å². The maximum atomic E-state index is 13.1. The van der Waals surface area contributed by atoms with E-state index < -0.39 is 0 Å². The molecule has 1 aliphatic heterocycles. The zero-order valence-electron chi connectivity index (χ0n) is 17.3. The van der Waals surface area contributed by atoms with Gasteiger partial charge in [0.25, 0.3) is 0 Å². The molecule has 0 aromatic carbocycles. The van der Waals surface area contributed by atoms with Crippen LogP contribution in [0.4, 0.5) is 0 Å². The smallest absolute Gasteiger partial charge is 0.224 e. The molecule has 1 fully saturated rings. The van der Waals surface area contributed by atoms with Crippen LogP contribution in [-0.2, 0) is 22.6 Å². The summed E-state index contributed by atoms with van der Waals surface area (Å²) in [5.41, 5.74) is 3.31. The second-order valence-corrected chi connectivity index (χ2v) is 7.37. The fraction of sp³-hybridized carbons (Fsp3) is 0.789. The Morgan fingerprint density at radius 1 is 1.31 bits per heavy atom. The third-order valence-electron chi connectivity index (χ3n) is 5.49. The number of piperazine rings is 1. The van der Waals surface area contributed by atoms with Crippen molar-refractivity contribution in [3.05, 3.63) is 17.0 Å². The second-order valence-electron chi connectivity index (χ2n) is 7.37. The zero-order valence-corrected chi connectivity index (χ0v) is 17.3. The van der Waals surface area contributed by atoms with Gasteiger partial charge in [-0.2, -0.15) is 5.10 Å². The molecule has 0 radical (unpaired) electrons. The van der Waals surface area contributed by atoms with Gasteiger partial charge in [0.05, 0.1) is 12.3 Å². The number of nitrogens with zero attached hydrogens (tertiary/aromatic N) is 5. The second kappa shape index (κ2) is 9.48. The molecular weight excluding hydrogens is 330 g/mol. The van der Waals surface area contributed by atoms with Crippen LogP contribution in [0.3, 0.4) is 0 Å². The Balaban J connectivity index is 2.11. The number of ether oxygens (including phenoxy) is 1. The summed E-state index contributed by atoms with van der Waals surface area (Å²) in [7, 11) is 5.92. The molecule has 148 valence electrons. The van der Waals surface area contributed by atoms with Crippen molar-refractivity contribution < 1.29 is 9.53 Å². The number of hydrogen-bond donors (Lipinski definition) is 0. The highest BCUT2D eigenvalue weighted by Crippen LogP contribution is 2.18. The molecule has 7 nitrogen and oxygen atoms in total. The average Bonchev–Trinajstić information content (AvgIpc) is 2.88. The Morgan fingerprint density at radius 2 is 2.04 bits per heavy atom. The van der Waals surface area contributed by atoms with E-state index >= 15 is 0 Å². The molecule has 1 saturated heterocycles. The number of carbonyl (C=O) groups excluding carboxylic acids is 1. The highest BCUT2D eigenvalue weighted by Gasteiger charge is 2.27. The fourth-order valence-electron chi connectivity index (χ4n) is 3.61. The van der Waals surface area contributed by atoms with Gasteiger partial charge in [-0.25, -0.2) is 0 Å². The van der Waals surface area contributed by atoms with Gasteiger partial charge in [-0.1, -0.05) is 0 Å². The number of aromatic nitrogens is 2. The largest absolute Gasteiger partial charge is 0.383 e. The van der Waals surface area contributed by atoms with Crippen LogP contribution < -0.4 is 0 Å². The summed E-state index contributed by atoms with van der Waals surface area (Å²) < 4.78 is 7.25. The number of likely N-dealkylation sites (N-methyl/N-ethyl adjacent to an activating group) is 2. The zero-order chi connectivity index (χ0) is 19.3. The molecule has 0 N–H and O–H groups in total. The number of aryl methyl sites for hydroxylation is 2. The molecule has 0 aliphatic carbocycles. The molecule has 1 amide bonds. The maximum Gasteiger partial charge on any atom is 0.224 e. The molecule has 1 aromatic heterocycles. The van der Waals surface area contributed by atoms with Crippen molar-refractivity contribution in [1.82, 2.24) is 24.5 Å². The van der Waals surface area contributed by atoms with Crippen molar-refractivity contribution in [2.45, 2.75) is 46.3 Å². The molecule has 0 saturated carbocycles. The predicted molar refractivity (Wildman–Crippen MR) is 103 cm³/mol. The highest BCUT2D eigenvalue weighted by atomic mass is 16.5. The standard InChI is InChI=1S/C19H35N5O2/c1-7-24-16(3)18(15(2)20-24)14-23(10-11-26-6)19(25)12-17-13-21(4)8-9-22(17)5/h17H,7-14H2,1-6H3/t17-/m0/s1. The third kappa shape index (κ3) is 5.05. The molecule has 0 spiro atoms. The summed E-state index contributed by atoms with van der Waals surface area (Å²) >= 11 is 0. The monoisotopic (exact) mass is 365 g/mol. The lowest BCUT2D eigenvalue weighted by Gasteiger charge is -2.38. The lowest BCUT2D eigenvalue weighted by atomic mass is 10.1. The first kappa shape index (κ1) is 20.9. The Bertz CT molecular complexity index is 601. The van der Waals surface area contributed by atoms with Gasteiger partial charge in [0, 0.05) is 70.1 Å². The van der Waals surface area contributed by atoms with Crippen molar-refractivity contribution in [2.75, 3.05) is 54.0 Å². The van der Waals surface area contributed by atoms with Gasteiger partial charge < -0.3 is 19.4 Å². The van der Waals surface area contributed by atoms with E-state index in [0.29, 0.717) is 26.1 Å². The number of carbonyl (C=O) groups is 1. The van der Waals surface area contributed by atoms with E-state index in [2.05, 4.69) is 42.8 Å². The number of rotatable bonds is 8. The summed E-state index contributed by atoms with van der Waals surface area (Å²) in [6, 6.07) is 0.270. The van der Waals surface area contributed by atoms with Crippen LogP contribution in [0, 0.1) is 13.8 Å². The molecule has 2 rings (SSSR count). The van der Waals surface area contributed by atoms with Crippen molar-refractivity contribution >= 4 is 5.91 Å². The number of methoxy groups -OCH3 is 1. The van der Waals surface area contributed by atoms with Crippen molar-refractivity contribution in [3.63, 3.8) is 0 Å². The Kier molecular flexibility index (Phi) is 7.61. The molecular formula is C19H35N5O2. The van der Waals surface area contributed by atoms with E-state index in [9.17, 15) is 4.79 Å². The molecule has 0 unspecified atom stereocenters. The van der Waals surface area contributed by atoms with E-state index in [0.717, 1.165) is 43.1 Å². The van der Waals surface area contributed by atoms with Gasteiger partial charge >= 0.3 is 0 Å². The topological polar surface area (TPSA) is 53.8 Å². The summed E-state index contributed by atoms with van der Waals surface area (Å²) in [5.74, 6) is 0.192.